The van der Waals surface area contributed by atoms with E-state index in [1.807, 2.05) is 0 Å². The molecule has 0 rings (SSSR count). The third-order valence-corrected chi connectivity index (χ3v) is 1.48. The number of nitrogens with zero attached hydrogens (tertiary/aromatic N) is 1. The van der Waals surface area contributed by atoms with E-state index in [2.05, 4.69) is 4.97 Å². The van der Waals surface area contributed by atoms with Gasteiger partial charge in [-0.25, -0.2) is 0 Å². The van der Waals surface area contributed by atoms with Crippen LogP contribution in [0.25, 0.3) is 0 Å². The minimum atomic E-state index is 0. The van der Waals surface area contributed by atoms with E-state index in [0.29, 0.717) is 6.54 Å². The maximum absolute atomic E-state index is 7.92. The van der Waals surface area contributed by atoms with Gasteiger partial charge in [0.1, 0.15) is 0 Å². The van der Waals surface area contributed by atoms with Crippen LogP contribution in [0.1, 0.15) is 0 Å². The minimum absolute atomic E-state index is 0. The SMILES string of the molecule is Br.N#C[Se]CCN. The summed E-state index contributed by atoms with van der Waals surface area (Å²) in [5, 5.41) is 8.81. The average Bonchev–Trinajstić information content (AvgIpc) is 1.61. The number of hydrogen-bond donors (Lipinski definition) is 1. The fraction of sp³-hybridized carbons (Fsp3) is 0.667. The summed E-state index contributed by atoms with van der Waals surface area (Å²) in [6.45, 7) is 0.660. The van der Waals surface area contributed by atoms with Crippen molar-refractivity contribution in [1.82, 2.24) is 0 Å². The fourth-order valence-corrected chi connectivity index (χ4v) is 0.543. The Labute approximate surface area is 60.0 Å². The van der Waals surface area contributed by atoms with Gasteiger partial charge in [0.05, 0.1) is 0 Å². The monoisotopic (exact) mass is 230 g/mol. The van der Waals surface area contributed by atoms with Crippen LogP contribution in [0.3, 0.4) is 0 Å². The summed E-state index contributed by atoms with van der Waals surface area (Å²) in [6.07, 6.45) is 0. The van der Waals surface area contributed by atoms with Crippen molar-refractivity contribution in [1.29, 1.82) is 5.26 Å². The molecule has 42 valence electrons. The van der Waals surface area contributed by atoms with Gasteiger partial charge < -0.3 is 0 Å². The summed E-state index contributed by atoms with van der Waals surface area (Å²) >= 11 is 0.148. The molecule has 0 aromatic rings. The van der Waals surface area contributed by atoms with Gasteiger partial charge in [-0.2, -0.15) is 0 Å². The van der Waals surface area contributed by atoms with E-state index in [1.165, 1.54) is 0 Å². The van der Waals surface area contributed by atoms with Crippen LogP contribution in [0.2, 0.25) is 5.32 Å². The summed E-state index contributed by atoms with van der Waals surface area (Å²) in [5.41, 5.74) is 5.08. The molecule has 0 unspecified atom stereocenters. The second-order valence-corrected chi connectivity index (χ2v) is 2.57. The predicted molar refractivity (Wildman–Crippen MR) is 35.6 cm³/mol. The molecular weight excluding hydrogens is 223 g/mol. The molecule has 0 atom stereocenters. The van der Waals surface area contributed by atoms with Crippen molar-refractivity contribution < 1.29 is 0 Å². The van der Waals surface area contributed by atoms with Crippen LogP contribution in [-0.2, 0) is 0 Å². The van der Waals surface area contributed by atoms with Gasteiger partial charge in [-0.05, 0) is 0 Å². The summed E-state index contributed by atoms with van der Waals surface area (Å²) in [5.74, 6) is 0. The molecule has 0 saturated carbocycles. The van der Waals surface area contributed by atoms with Crippen molar-refractivity contribution in [2.24, 2.45) is 5.73 Å². The van der Waals surface area contributed by atoms with Gasteiger partial charge in [0.15, 0.2) is 0 Å². The second kappa shape index (κ2) is 9.67. The van der Waals surface area contributed by atoms with Crippen molar-refractivity contribution in [3.63, 3.8) is 0 Å². The Kier molecular flexibility index (Phi) is 14.4. The third-order valence-electron chi connectivity index (χ3n) is 0.284. The molecule has 4 heteroatoms. The van der Waals surface area contributed by atoms with Gasteiger partial charge in [-0.15, -0.1) is 17.0 Å². The molecule has 0 radical (unpaired) electrons. The van der Waals surface area contributed by atoms with Crippen LogP contribution < -0.4 is 5.73 Å². The van der Waals surface area contributed by atoms with Crippen molar-refractivity contribution in [3.8, 4) is 4.97 Å². The summed E-state index contributed by atoms with van der Waals surface area (Å²) in [4.78, 5) is 2.05. The Morgan fingerprint density at radius 2 is 2.29 bits per heavy atom. The predicted octanol–water partition coefficient (Wildman–Crippen LogP) is 0.127. The van der Waals surface area contributed by atoms with Gasteiger partial charge in [-0.3, -0.25) is 0 Å². The molecule has 0 aliphatic rings. The zero-order valence-corrected chi connectivity index (χ0v) is 7.18. The van der Waals surface area contributed by atoms with Gasteiger partial charge in [0.2, 0.25) is 0 Å². The molecule has 0 spiro atoms. The van der Waals surface area contributed by atoms with E-state index in [4.69, 9.17) is 11.0 Å². The van der Waals surface area contributed by atoms with Crippen LogP contribution in [0, 0.1) is 10.2 Å². The average molecular weight is 230 g/mol. The fourth-order valence-electron chi connectivity index (χ4n) is 0.105. The Morgan fingerprint density at radius 3 is 2.43 bits per heavy atom. The first-order valence-electron chi connectivity index (χ1n) is 1.62. The van der Waals surface area contributed by atoms with Gasteiger partial charge in [0, 0.05) is 0 Å². The molecule has 0 aliphatic carbocycles. The third kappa shape index (κ3) is 10.7. The first-order chi connectivity index (χ1) is 2.91. The summed E-state index contributed by atoms with van der Waals surface area (Å²) in [7, 11) is 0. The van der Waals surface area contributed by atoms with Crippen molar-refractivity contribution in [2.45, 2.75) is 5.32 Å². The van der Waals surface area contributed by atoms with Crippen molar-refractivity contribution >= 4 is 31.9 Å². The molecule has 0 fully saturated rings. The first kappa shape index (κ1) is 10.4. The molecule has 0 saturated heterocycles. The van der Waals surface area contributed by atoms with E-state index in [0.717, 1.165) is 5.32 Å². The van der Waals surface area contributed by atoms with Crippen LogP contribution in [0.4, 0.5) is 0 Å². The molecule has 2 N–H and O–H groups in total. The molecule has 0 amide bonds. The number of nitriles is 1. The van der Waals surface area contributed by atoms with Gasteiger partial charge >= 0.3 is 42.8 Å². The van der Waals surface area contributed by atoms with Gasteiger partial charge in [-0.1, -0.05) is 0 Å². The second-order valence-electron chi connectivity index (χ2n) is 0.728. The van der Waals surface area contributed by atoms with E-state index in [9.17, 15) is 0 Å². The number of rotatable bonds is 2. The van der Waals surface area contributed by atoms with Crippen molar-refractivity contribution in [3.05, 3.63) is 0 Å². The summed E-state index contributed by atoms with van der Waals surface area (Å²) in [6, 6.07) is 0. The normalized spacial score (nSPS) is 6.29. The van der Waals surface area contributed by atoms with Gasteiger partial charge in [0.25, 0.3) is 0 Å². The molecule has 7 heavy (non-hydrogen) atoms. The van der Waals surface area contributed by atoms with Crippen LogP contribution >= 0.6 is 17.0 Å². The van der Waals surface area contributed by atoms with Crippen LogP contribution in [0.5, 0.6) is 0 Å². The first-order valence-corrected chi connectivity index (χ1v) is 3.69. The van der Waals surface area contributed by atoms with E-state index in [-0.39, 0.29) is 31.9 Å². The Morgan fingerprint density at radius 1 is 1.71 bits per heavy atom. The topological polar surface area (TPSA) is 49.8 Å². The number of halogens is 1. The zero-order chi connectivity index (χ0) is 4.83. The Balaban J connectivity index is 0. The molecule has 0 aromatic heterocycles. The maximum atomic E-state index is 7.92. The number of hydrogen-bond acceptors (Lipinski definition) is 2. The van der Waals surface area contributed by atoms with E-state index >= 15 is 0 Å². The number of nitrogens with two attached hydrogens (primary N) is 1. The molecule has 0 aliphatic heterocycles. The van der Waals surface area contributed by atoms with E-state index in [1.54, 1.807) is 0 Å². The van der Waals surface area contributed by atoms with Crippen LogP contribution in [0.15, 0.2) is 0 Å². The molecular formula is C3H7BrN2Se. The molecule has 0 heterocycles. The van der Waals surface area contributed by atoms with Crippen molar-refractivity contribution in [2.75, 3.05) is 6.54 Å². The quantitative estimate of drug-likeness (QED) is 0.541. The molecule has 2 nitrogen and oxygen atoms in total. The molecule has 0 aromatic carbocycles. The van der Waals surface area contributed by atoms with E-state index < -0.39 is 0 Å². The Bertz CT molecular complexity index is 60.4. The Hall–Kier alpha value is 0.449. The molecule has 0 bridgehead atoms. The van der Waals surface area contributed by atoms with Crippen LogP contribution in [-0.4, -0.2) is 21.5 Å². The summed E-state index contributed by atoms with van der Waals surface area (Å²) < 4.78 is 0. The standard InChI is InChI=1S/C3H6N2Se.BrH/c4-1-2-6-3-5;/h1-2,4H2;1H. The zero-order valence-electron chi connectivity index (χ0n) is 3.76.